The average molecular weight is 260 g/mol. The molecule has 2 aromatic heterocycles. The standard InChI is InChI=1S/C13H16N4S/c1-17-7-6-15-8-12(17)13-16-11(9-18-13)10-2-4-14-5-3-10/h2-5,9,12,15H,6-8H2,1H3. The van der Waals surface area contributed by atoms with E-state index in [1.807, 2.05) is 24.5 Å². The fourth-order valence-corrected chi connectivity index (χ4v) is 3.17. The smallest absolute Gasteiger partial charge is 0.112 e. The van der Waals surface area contributed by atoms with Crippen molar-refractivity contribution in [3.63, 3.8) is 0 Å². The molecule has 5 heteroatoms. The maximum absolute atomic E-state index is 4.76. The number of likely N-dealkylation sites (N-methyl/N-ethyl adjacent to an activating group) is 1. The predicted molar refractivity (Wildman–Crippen MR) is 73.6 cm³/mol. The zero-order valence-electron chi connectivity index (χ0n) is 10.3. The van der Waals surface area contributed by atoms with Crippen LogP contribution in [0.15, 0.2) is 29.9 Å². The van der Waals surface area contributed by atoms with Crippen molar-refractivity contribution >= 4 is 11.3 Å². The van der Waals surface area contributed by atoms with Crippen LogP contribution in [0.25, 0.3) is 11.3 Å². The largest absolute Gasteiger partial charge is 0.313 e. The molecule has 18 heavy (non-hydrogen) atoms. The van der Waals surface area contributed by atoms with E-state index in [2.05, 4.69) is 27.6 Å². The van der Waals surface area contributed by atoms with E-state index < -0.39 is 0 Å². The summed E-state index contributed by atoms with van der Waals surface area (Å²) < 4.78 is 0. The number of pyridine rings is 1. The lowest BCUT2D eigenvalue weighted by molar-refractivity contribution is 0.202. The molecule has 0 aromatic carbocycles. The van der Waals surface area contributed by atoms with Gasteiger partial charge in [0.05, 0.1) is 11.7 Å². The molecule has 2 aromatic rings. The molecule has 1 N–H and O–H groups in total. The molecule has 3 rings (SSSR count). The highest BCUT2D eigenvalue weighted by molar-refractivity contribution is 7.10. The minimum Gasteiger partial charge on any atom is -0.313 e. The SMILES string of the molecule is CN1CCNCC1c1nc(-c2ccncc2)cs1. The second-order valence-electron chi connectivity index (χ2n) is 4.51. The molecule has 1 fully saturated rings. The molecule has 1 saturated heterocycles. The Labute approximate surface area is 111 Å². The topological polar surface area (TPSA) is 41.0 Å². The van der Waals surface area contributed by atoms with Crippen LogP contribution in [0.3, 0.4) is 0 Å². The summed E-state index contributed by atoms with van der Waals surface area (Å²) in [4.78, 5) is 11.2. The van der Waals surface area contributed by atoms with Crippen LogP contribution in [0.5, 0.6) is 0 Å². The third-order valence-electron chi connectivity index (χ3n) is 3.29. The van der Waals surface area contributed by atoms with E-state index in [1.54, 1.807) is 11.3 Å². The van der Waals surface area contributed by atoms with Crippen molar-refractivity contribution in [2.75, 3.05) is 26.7 Å². The molecular formula is C13H16N4S. The fraction of sp³-hybridized carbons (Fsp3) is 0.385. The Kier molecular flexibility index (Phi) is 3.36. The Hall–Kier alpha value is -1.30. The van der Waals surface area contributed by atoms with Crippen molar-refractivity contribution in [3.8, 4) is 11.3 Å². The molecule has 3 heterocycles. The van der Waals surface area contributed by atoms with Gasteiger partial charge in [-0.05, 0) is 19.2 Å². The van der Waals surface area contributed by atoms with Crippen LogP contribution in [0, 0.1) is 0 Å². The first kappa shape index (κ1) is 11.8. The third kappa shape index (κ3) is 2.29. The summed E-state index contributed by atoms with van der Waals surface area (Å²) in [6, 6.07) is 4.41. The van der Waals surface area contributed by atoms with Gasteiger partial charge in [-0.1, -0.05) is 0 Å². The van der Waals surface area contributed by atoms with Crippen LogP contribution in [0.4, 0.5) is 0 Å². The quantitative estimate of drug-likeness (QED) is 0.893. The van der Waals surface area contributed by atoms with Crippen molar-refractivity contribution < 1.29 is 0 Å². The maximum atomic E-state index is 4.76. The second-order valence-corrected chi connectivity index (χ2v) is 5.40. The van der Waals surface area contributed by atoms with Gasteiger partial charge in [0, 0.05) is 43.0 Å². The maximum Gasteiger partial charge on any atom is 0.112 e. The number of rotatable bonds is 2. The number of thiazole rings is 1. The van der Waals surface area contributed by atoms with Gasteiger partial charge in [-0.2, -0.15) is 0 Å². The Bertz CT molecular complexity index is 511. The Balaban J connectivity index is 1.85. The molecule has 94 valence electrons. The van der Waals surface area contributed by atoms with E-state index >= 15 is 0 Å². The first-order valence-electron chi connectivity index (χ1n) is 6.11. The highest BCUT2D eigenvalue weighted by Gasteiger charge is 2.23. The van der Waals surface area contributed by atoms with E-state index in [-0.39, 0.29) is 0 Å². The molecule has 0 aliphatic carbocycles. The highest BCUT2D eigenvalue weighted by Crippen LogP contribution is 2.28. The van der Waals surface area contributed by atoms with Crippen LogP contribution >= 0.6 is 11.3 Å². The normalized spacial score (nSPS) is 21.1. The van der Waals surface area contributed by atoms with Gasteiger partial charge in [0.25, 0.3) is 0 Å². The predicted octanol–water partition coefficient (Wildman–Crippen LogP) is 1.78. The summed E-state index contributed by atoms with van der Waals surface area (Å²) in [6.07, 6.45) is 3.62. The van der Waals surface area contributed by atoms with E-state index in [0.717, 1.165) is 30.9 Å². The summed E-state index contributed by atoms with van der Waals surface area (Å²) in [6.45, 7) is 3.13. The number of aromatic nitrogens is 2. The summed E-state index contributed by atoms with van der Waals surface area (Å²) in [5.74, 6) is 0. The monoisotopic (exact) mass is 260 g/mol. The molecule has 0 amide bonds. The first-order valence-corrected chi connectivity index (χ1v) is 6.99. The van der Waals surface area contributed by atoms with E-state index in [9.17, 15) is 0 Å². The lowest BCUT2D eigenvalue weighted by Gasteiger charge is -2.31. The zero-order chi connectivity index (χ0) is 12.4. The number of nitrogens with zero attached hydrogens (tertiary/aromatic N) is 3. The Morgan fingerprint density at radius 1 is 1.39 bits per heavy atom. The van der Waals surface area contributed by atoms with Gasteiger partial charge in [0.15, 0.2) is 0 Å². The summed E-state index contributed by atoms with van der Waals surface area (Å²) in [5, 5.41) is 6.75. The van der Waals surface area contributed by atoms with Gasteiger partial charge in [0.2, 0.25) is 0 Å². The van der Waals surface area contributed by atoms with Gasteiger partial charge < -0.3 is 5.32 Å². The van der Waals surface area contributed by atoms with Crippen molar-refractivity contribution in [2.24, 2.45) is 0 Å². The molecule has 0 spiro atoms. The Morgan fingerprint density at radius 2 is 2.22 bits per heavy atom. The van der Waals surface area contributed by atoms with Crippen molar-refractivity contribution in [1.82, 2.24) is 20.2 Å². The minimum atomic E-state index is 0.402. The fourth-order valence-electron chi connectivity index (χ4n) is 2.18. The van der Waals surface area contributed by atoms with Crippen LogP contribution < -0.4 is 5.32 Å². The molecule has 1 unspecified atom stereocenters. The summed E-state index contributed by atoms with van der Waals surface area (Å²) in [5.41, 5.74) is 2.19. The molecule has 0 saturated carbocycles. The molecular weight excluding hydrogens is 244 g/mol. The number of nitrogens with one attached hydrogen (secondary N) is 1. The van der Waals surface area contributed by atoms with E-state index in [0.29, 0.717) is 6.04 Å². The van der Waals surface area contributed by atoms with E-state index in [1.165, 1.54) is 5.01 Å². The number of piperazine rings is 1. The van der Waals surface area contributed by atoms with Crippen molar-refractivity contribution in [3.05, 3.63) is 34.9 Å². The lowest BCUT2D eigenvalue weighted by atomic mass is 10.2. The van der Waals surface area contributed by atoms with Crippen LogP contribution in [-0.2, 0) is 0 Å². The lowest BCUT2D eigenvalue weighted by Crippen LogP contribution is -2.43. The summed E-state index contributed by atoms with van der Waals surface area (Å²) in [7, 11) is 2.17. The van der Waals surface area contributed by atoms with Gasteiger partial charge in [-0.3, -0.25) is 9.88 Å². The summed E-state index contributed by atoms with van der Waals surface area (Å²) >= 11 is 1.74. The number of hydrogen-bond donors (Lipinski definition) is 1. The van der Waals surface area contributed by atoms with Crippen molar-refractivity contribution in [1.29, 1.82) is 0 Å². The third-order valence-corrected chi connectivity index (χ3v) is 4.24. The first-order chi connectivity index (χ1) is 8.84. The van der Waals surface area contributed by atoms with Gasteiger partial charge in [-0.15, -0.1) is 11.3 Å². The second kappa shape index (κ2) is 5.14. The van der Waals surface area contributed by atoms with Crippen LogP contribution in [-0.4, -0.2) is 41.5 Å². The van der Waals surface area contributed by atoms with Gasteiger partial charge in [-0.25, -0.2) is 4.98 Å². The molecule has 1 aliphatic rings. The van der Waals surface area contributed by atoms with Gasteiger partial charge in [0.1, 0.15) is 5.01 Å². The van der Waals surface area contributed by atoms with Crippen molar-refractivity contribution in [2.45, 2.75) is 6.04 Å². The minimum absolute atomic E-state index is 0.402. The number of hydrogen-bond acceptors (Lipinski definition) is 5. The van der Waals surface area contributed by atoms with Crippen LogP contribution in [0.1, 0.15) is 11.0 Å². The average Bonchev–Trinajstić information content (AvgIpc) is 2.90. The Morgan fingerprint density at radius 3 is 3.00 bits per heavy atom. The van der Waals surface area contributed by atoms with Gasteiger partial charge >= 0.3 is 0 Å². The van der Waals surface area contributed by atoms with E-state index in [4.69, 9.17) is 4.98 Å². The van der Waals surface area contributed by atoms with Crippen LogP contribution in [0.2, 0.25) is 0 Å². The molecule has 0 bridgehead atoms. The zero-order valence-corrected chi connectivity index (χ0v) is 11.2. The molecule has 0 radical (unpaired) electrons. The molecule has 1 atom stereocenters. The molecule has 1 aliphatic heterocycles. The highest BCUT2D eigenvalue weighted by atomic mass is 32.1. The molecule has 4 nitrogen and oxygen atoms in total.